The zero-order valence-corrected chi connectivity index (χ0v) is 15.3. The molecule has 1 heterocycles. The van der Waals surface area contributed by atoms with E-state index in [4.69, 9.17) is 5.26 Å². The first-order chi connectivity index (χ1) is 13.3. The molecule has 0 saturated carbocycles. The highest BCUT2D eigenvalue weighted by atomic mass is 16.1. The standard InChI is InChI=1S/C23H23N3O/c24-15-7-6-12-22(19-8-2-1-3-9-19)26-23(27)14-13-18-16-20-10-4-5-11-21(20)25-17-18/h1-5,8-11,16-17,22H,6-7,12-14H2,(H,26,27). The highest BCUT2D eigenvalue weighted by Crippen LogP contribution is 2.20. The number of pyridine rings is 1. The lowest BCUT2D eigenvalue weighted by Crippen LogP contribution is -2.28. The van der Waals surface area contributed by atoms with E-state index in [1.807, 2.05) is 60.8 Å². The fraction of sp³-hybridized carbons (Fsp3) is 0.261. The second-order valence-corrected chi connectivity index (χ2v) is 6.62. The summed E-state index contributed by atoms with van der Waals surface area (Å²) >= 11 is 0. The van der Waals surface area contributed by atoms with Gasteiger partial charge in [-0.3, -0.25) is 9.78 Å². The van der Waals surface area contributed by atoms with Crippen molar-refractivity contribution in [2.24, 2.45) is 0 Å². The Morgan fingerprint density at radius 1 is 1.11 bits per heavy atom. The van der Waals surface area contributed by atoms with Crippen LogP contribution in [0.2, 0.25) is 0 Å². The summed E-state index contributed by atoms with van der Waals surface area (Å²) in [5.74, 6) is 0.0222. The number of hydrogen-bond donors (Lipinski definition) is 1. The van der Waals surface area contributed by atoms with Crippen LogP contribution in [-0.2, 0) is 11.2 Å². The Morgan fingerprint density at radius 3 is 2.70 bits per heavy atom. The van der Waals surface area contributed by atoms with Crippen LogP contribution in [-0.4, -0.2) is 10.9 Å². The maximum atomic E-state index is 12.5. The third-order valence-electron chi connectivity index (χ3n) is 4.61. The molecule has 1 amide bonds. The van der Waals surface area contributed by atoms with E-state index < -0.39 is 0 Å². The highest BCUT2D eigenvalue weighted by molar-refractivity contribution is 5.79. The molecule has 3 aromatic rings. The number of amides is 1. The van der Waals surface area contributed by atoms with Crippen molar-refractivity contribution in [1.82, 2.24) is 10.3 Å². The van der Waals surface area contributed by atoms with Crippen molar-refractivity contribution < 1.29 is 4.79 Å². The van der Waals surface area contributed by atoms with Gasteiger partial charge in [-0.1, -0.05) is 48.5 Å². The summed E-state index contributed by atoms with van der Waals surface area (Å²) in [7, 11) is 0. The maximum absolute atomic E-state index is 12.5. The Bertz CT molecular complexity index is 931. The van der Waals surface area contributed by atoms with Gasteiger partial charge in [0.2, 0.25) is 5.91 Å². The van der Waals surface area contributed by atoms with E-state index in [9.17, 15) is 4.79 Å². The summed E-state index contributed by atoms with van der Waals surface area (Å²) in [5, 5.41) is 13.0. The number of rotatable bonds is 8. The first-order valence-corrected chi connectivity index (χ1v) is 9.31. The number of para-hydroxylation sites is 1. The Morgan fingerprint density at radius 2 is 1.89 bits per heavy atom. The average Bonchev–Trinajstić information content (AvgIpc) is 2.72. The van der Waals surface area contributed by atoms with Gasteiger partial charge in [0.15, 0.2) is 0 Å². The van der Waals surface area contributed by atoms with E-state index >= 15 is 0 Å². The average molecular weight is 357 g/mol. The lowest BCUT2D eigenvalue weighted by molar-refractivity contribution is -0.121. The Kier molecular flexibility index (Phi) is 6.54. The number of benzene rings is 2. The van der Waals surface area contributed by atoms with Crippen molar-refractivity contribution in [2.75, 3.05) is 0 Å². The summed E-state index contributed by atoms with van der Waals surface area (Å²) < 4.78 is 0. The van der Waals surface area contributed by atoms with Gasteiger partial charge in [-0.2, -0.15) is 5.26 Å². The molecule has 0 aliphatic rings. The van der Waals surface area contributed by atoms with Gasteiger partial charge in [0.25, 0.3) is 0 Å². The van der Waals surface area contributed by atoms with Gasteiger partial charge in [-0.05, 0) is 42.5 Å². The van der Waals surface area contributed by atoms with Crippen molar-refractivity contribution in [1.29, 1.82) is 5.26 Å². The molecule has 1 unspecified atom stereocenters. The SMILES string of the molecule is N#CCCCC(NC(=O)CCc1cnc2ccccc2c1)c1ccccc1. The molecule has 0 spiro atoms. The minimum absolute atomic E-state index is 0.0222. The molecule has 0 radical (unpaired) electrons. The molecule has 27 heavy (non-hydrogen) atoms. The number of fused-ring (bicyclic) bond motifs is 1. The fourth-order valence-electron chi connectivity index (χ4n) is 3.17. The minimum atomic E-state index is -0.0539. The van der Waals surface area contributed by atoms with Gasteiger partial charge < -0.3 is 5.32 Å². The molecule has 4 heteroatoms. The maximum Gasteiger partial charge on any atom is 0.220 e. The molecule has 4 nitrogen and oxygen atoms in total. The van der Waals surface area contributed by atoms with E-state index in [1.165, 1.54) is 0 Å². The third kappa shape index (κ3) is 5.39. The van der Waals surface area contributed by atoms with Crippen LogP contribution in [0.1, 0.15) is 42.9 Å². The monoisotopic (exact) mass is 357 g/mol. The lowest BCUT2D eigenvalue weighted by atomic mass is 10.0. The van der Waals surface area contributed by atoms with Crippen LogP contribution < -0.4 is 5.32 Å². The van der Waals surface area contributed by atoms with Crippen molar-refractivity contribution in [3.63, 3.8) is 0 Å². The molecule has 3 rings (SSSR count). The number of aryl methyl sites for hydroxylation is 1. The fourth-order valence-corrected chi connectivity index (χ4v) is 3.17. The summed E-state index contributed by atoms with van der Waals surface area (Å²) in [5.41, 5.74) is 3.10. The van der Waals surface area contributed by atoms with Crippen LogP contribution in [0.15, 0.2) is 66.9 Å². The molecule has 1 aromatic heterocycles. The number of carbonyl (C=O) groups is 1. The van der Waals surface area contributed by atoms with E-state index in [-0.39, 0.29) is 11.9 Å². The molecule has 0 bridgehead atoms. The number of nitrogens with zero attached hydrogens (tertiary/aromatic N) is 2. The van der Waals surface area contributed by atoms with Crippen LogP contribution in [0, 0.1) is 11.3 Å². The summed E-state index contributed by atoms with van der Waals surface area (Å²) in [4.78, 5) is 17.0. The predicted octanol–water partition coefficient (Wildman–Crippen LogP) is 4.72. The van der Waals surface area contributed by atoms with Crippen LogP contribution >= 0.6 is 0 Å². The molecule has 0 saturated heterocycles. The summed E-state index contributed by atoms with van der Waals surface area (Å²) in [6.45, 7) is 0. The first kappa shape index (κ1) is 18.6. The van der Waals surface area contributed by atoms with E-state index in [1.54, 1.807) is 0 Å². The summed E-state index contributed by atoms with van der Waals surface area (Å²) in [6.07, 6.45) is 4.95. The quantitative estimate of drug-likeness (QED) is 0.593. The van der Waals surface area contributed by atoms with Crippen LogP contribution in [0.4, 0.5) is 0 Å². The molecule has 136 valence electrons. The number of nitriles is 1. The van der Waals surface area contributed by atoms with Gasteiger partial charge in [-0.15, -0.1) is 0 Å². The molecule has 1 atom stereocenters. The molecule has 0 fully saturated rings. The number of unbranched alkanes of at least 4 members (excludes halogenated alkanes) is 1. The second-order valence-electron chi connectivity index (χ2n) is 6.62. The van der Waals surface area contributed by atoms with E-state index in [2.05, 4.69) is 22.4 Å². The van der Waals surface area contributed by atoms with Crippen molar-refractivity contribution >= 4 is 16.8 Å². The Balaban J connectivity index is 1.60. The van der Waals surface area contributed by atoms with Gasteiger partial charge in [0.05, 0.1) is 17.6 Å². The minimum Gasteiger partial charge on any atom is -0.349 e. The zero-order chi connectivity index (χ0) is 18.9. The zero-order valence-electron chi connectivity index (χ0n) is 15.3. The molecule has 2 aromatic carbocycles. The summed E-state index contributed by atoms with van der Waals surface area (Å²) in [6, 6.07) is 22.1. The first-order valence-electron chi connectivity index (χ1n) is 9.31. The van der Waals surface area contributed by atoms with Crippen LogP contribution in [0.25, 0.3) is 10.9 Å². The van der Waals surface area contributed by atoms with Crippen LogP contribution in [0.5, 0.6) is 0 Å². The molecule has 1 N–H and O–H groups in total. The molecule has 0 aliphatic carbocycles. The topological polar surface area (TPSA) is 65.8 Å². The lowest BCUT2D eigenvalue weighted by Gasteiger charge is -2.19. The smallest absolute Gasteiger partial charge is 0.220 e. The molecular formula is C23H23N3O. The number of aromatic nitrogens is 1. The van der Waals surface area contributed by atoms with Crippen LogP contribution in [0.3, 0.4) is 0 Å². The van der Waals surface area contributed by atoms with E-state index in [0.717, 1.165) is 34.9 Å². The molecule has 0 aliphatic heterocycles. The second kappa shape index (κ2) is 9.49. The Hall–Kier alpha value is -3.19. The van der Waals surface area contributed by atoms with Crippen molar-refractivity contribution in [2.45, 2.75) is 38.1 Å². The Labute approximate surface area is 159 Å². The van der Waals surface area contributed by atoms with Gasteiger partial charge in [0.1, 0.15) is 0 Å². The number of hydrogen-bond acceptors (Lipinski definition) is 3. The largest absolute Gasteiger partial charge is 0.349 e. The van der Waals surface area contributed by atoms with Gasteiger partial charge in [0, 0.05) is 24.4 Å². The van der Waals surface area contributed by atoms with Gasteiger partial charge >= 0.3 is 0 Å². The highest BCUT2D eigenvalue weighted by Gasteiger charge is 2.14. The number of carbonyl (C=O) groups excluding carboxylic acids is 1. The predicted molar refractivity (Wildman–Crippen MR) is 107 cm³/mol. The third-order valence-corrected chi connectivity index (χ3v) is 4.61. The normalized spacial score (nSPS) is 11.7. The molecular weight excluding hydrogens is 334 g/mol. The van der Waals surface area contributed by atoms with Crippen molar-refractivity contribution in [3.8, 4) is 6.07 Å². The van der Waals surface area contributed by atoms with Crippen molar-refractivity contribution in [3.05, 3.63) is 78.0 Å². The number of nitrogens with one attached hydrogen (secondary N) is 1. The van der Waals surface area contributed by atoms with Gasteiger partial charge in [-0.25, -0.2) is 0 Å². The van der Waals surface area contributed by atoms with E-state index in [0.29, 0.717) is 19.3 Å².